The number of halogens is 1. The zero-order chi connectivity index (χ0) is 56.5. The fraction of sp³-hybridized carbons (Fsp3) is 0.857. The van der Waals surface area contributed by atoms with Gasteiger partial charge in [0, 0.05) is 12.1 Å². The summed E-state index contributed by atoms with van der Waals surface area (Å²) in [7, 11) is 0. The van der Waals surface area contributed by atoms with Crippen LogP contribution in [0.2, 0.25) is 5.02 Å². The highest BCUT2D eigenvalue weighted by Gasteiger charge is 2.57. The van der Waals surface area contributed by atoms with E-state index < -0.39 is 234 Å². The van der Waals surface area contributed by atoms with Crippen molar-refractivity contribution in [1.82, 2.24) is 0 Å². The van der Waals surface area contributed by atoms with E-state index in [4.69, 9.17) is 68.4 Å². The van der Waals surface area contributed by atoms with Gasteiger partial charge >= 0.3 is 0 Å². The van der Waals surface area contributed by atoms with Crippen molar-refractivity contribution in [3.8, 4) is 5.75 Å². The van der Waals surface area contributed by atoms with Crippen LogP contribution in [0, 0.1) is 10.1 Å². The van der Waals surface area contributed by atoms with Gasteiger partial charge in [-0.1, -0.05) is 11.6 Å². The molecule has 0 amide bonds. The summed E-state index contributed by atoms with van der Waals surface area (Å²) in [6.45, 7) is -5.86. The highest BCUT2D eigenvalue weighted by molar-refractivity contribution is 6.32. The number of ether oxygens (including phenoxy) is 12. The van der Waals surface area contributed by atoms with E-state index in [9.17, 15) is 107 Å². The molecule has 0 unspecified atom stereocenters. The maximum Gasteiger partial charge on any atom is 0.271 e. The number of nitro groups is 1. The van der Waals surface area contributed by atoms with E-state index in [0.29, 0.717) is 0 Å². The lowest BCUT2D eigenvalue weighted by Gasteiger charge is -2.49. The quantitative estimate of drug-likeness (QED) is 0.0452. The van der Waals surface area contributed by atoms with Crippen LogP contribution >= 0.6 is 11.6 Å². The number of nitro benzene ring substituents is 1. The lowest BCUT2D eigenvalue weighted by atomic mass is 9.95. The Hall–Kier alpha value is -2.49. The van der Waals surface area contributed by atoms with Crippen LogP contribution < -0.4 is 4.74 Å². The molecule has 442 valence electrons. The van der Waals surface area contributed by atoms with Gasteiger partial charge in [-0.15, -0.1) is 0 Å². The molecule has 0 aliphatic carbocycles. The predicted molar refractivity (Wildman–Crippen MR) is 236 cm³/mol. The first-order chi connectivity index (χ1) is 36.5. The minimum Gasteiger partial charge on any atom is -0.460 e. The topological polar surface area (TPSA) is 538 Å². The molecule has 30 atom stereocenters. The molecule has 0 radical (unpaired) electrons. The molecule has 6 aliphatic heterocycles. The molecule has 1 aromatic rings. The van der Waals surface area contributed by atoms with E-state index in [0.717, 1.165) is 18.2 Å². The molecule has 0 aromatic heterocycles. The number of rotatable bonds is 19. The van der Waals surface area contributed by atoms with Crippen molar-refractivity contribution in [2.24, 2.45) is 0 Å². The summed E-state index contributed by atoms with van der Waals surface area (Å²) in [6.07, 6.45) is -57.5. The van der Waals surface area contributed by atoms with Crippen molar-refractivity contribution in [2.45, 2.75) is 184 Å². The summed E-state index contributed by atoms with van der Waals surface area (Å²) >= 11 is 6.07. The molecular formula is C42H64ClNO33. The second-order valence-corrected chi connectivity index (χ2v) is 19.1. The van der Waals surface area contributed by atoms with E-state index in [1.54, 1.807) is 0 Å². The van der Waals surface area contributed by atoms with Crippen molar-refractivity contribution < 1.29 is 159 Å². The summed E-state index contributed by atoms with van der Waals surface area (Å²) in [5.74, 6) is -0.222. The van der Waals surface area contributed by atoms with Crippen molar-refractivity contribution in [2.75, 3.05) is 39.6 Å². The largest absolute Gasteiger partial charge is 0.460 e. The van der Waals surface area contributed by atoms with E-state index in [2.05, 4.69) is 0 Å². The maximum absolute atomic E-state index is 11.3. The number of hydrogen-bond acceptors (Lipinski definition) is 33. The van der Waals surface area contributed by atoms with E-state index in [1.165, 1.54) is 0 Å². The van der Waals surface area contributed by atoms with Gasteiger partial charge in [0.15, 0.2) is 31.5 Å². The van der Waals surface area contributed by atoms with Gasteiger partial charge in [-0.3, -0.25) is 10.1 Å². The number of hydrogen-bond donors (Lipinski definition) is 19. The van der Waals surface area contributed by atoms with Crippen LogP contribution in [-0.2, 0) is 52.1 Å². The van der Waals surface area contributed by atoms with Crippen molar-refractivity contribution >= 4 is 17.3 Å². The SMILES string of the molecule is O=[N+]([O-])c1ccc(O[C@@H]2O[C@H](CO)[C@H](O[C@@H]3O[C@H](CO)[C@H](O[C@@H]4O[C@H](CO)[C@H](O[C@@H]5O[C@H](CO)[C@H](O[C@@H]6O[C@H](CO)[C@H](O[C@@H]7O[C@H](CO)[C@H](O)[C@H](O)[C@H]7O)[C@H](O)[C@H]6O)[C@H](O)[C@H]5O)[C@H](O)[C@H]4O)[C@H](O)[C@H]3O)[C@H](O)[C@H]2O)c(Cl)c1. The van der Waals surface area contributed by atoms with Gasteiger partial charge < -0.3 is 154 Å². The minimum atomic E-state index is -2.21. The lowest BCUT2D eigenvalue weighted by Crippen LogP contribution is -2.68. The molecule has 7 rings (SSSR count). The summed E-state index contributed by atoms with van der Waals surface area (Å²) in [5, 5.41) is 214. The Bertz CT molecular complexity index is 2030. The smallest absolute Gasteiger partial charge is 0.271 e. The Morgan fingerprint density at radius 2 is 0.649 bits per heavy atom. The summed E-state index contributed by atoms with van der Waals surface area (Å²) in [5.41, 5.74) is -0.395. The van der Waals surface area contributed by atoms with E-state index in [1.807, 2.05) is 0 Å². The van der Waals surface area contributed by atoms with Gasteiger partial charge in [0.2, 0.25) is 6.29 Å². The summed E-state index contributed by atoms with van der Waals surface area (Å²) in [6, 6.07) is 3.06. The zero-order valence-electron chi connectivity index (χ0n) is 39.8. The predicted octanol–water partition coefficient (Wildman–Crippen LogP) is -11.5. The Labute approximate surface area is 438 Å². The van der Waals surface area contributed by atoms with E-state index >= 15 is 0 Å². The first kappa shape index (κ1) is 62.1. The maximum atomic E-state index is 11.3. The van der Waals surface area contributed by atoms with Crippen LogP contribution in [0.25, 0.3) is 0 Å². The van der Waals surface area contributed by atoms with Crippen LogP contribution in [0.15, 0.2) is 18.2 Å². The lowest BCUT2D eigenvalue weighted by molar-refractivity contribution is -0.395. The molecule has 34 nitrogen and oxygen atoms in total. The zero-order valence-corrected chi connectivity index (χ0v) is 40.6. The molecule has 77 heavy (non-hydrogen) atoms. The third-order valence-electron chi connectivity index (χ3n) is 13.8. The average molecular weight is 1150 g/mol. The third kappa shape index (κ3) is 12.9. The second-order valence-electron chi connectivity index (χ2n) is 18.7. The summed E-state index contributed by atoms with van der Waals surface area (Å²) in [4.78, 5) is 10.4. The van der Waals surface area contributed by atoms with Gasteiger partial charge in [0.05, 0.1) is 49.6 Å². The van der Waals surface area contributed by atoms with Gasteiger partial charge in [-0.25, -0.2) is 0 Å². The second kappa shape index (κ2) is 26.6. The fourth-order valence-corrected chi connectivity index (χ4v) is 9.65. The first-order valence-corrected chi connectivity index (χ1v) is 24.2. The number of aliphatic hydroxyl groups is 19. The van der Waals surface area contributed by atoms with Crippen molar-refractivity contribution in [1.29, 1.82) is 0 Å². The molecule has 6 aliphatic rings. The number of non-ortho nitro benzene ring substituents is 1. The molecule has 0 bridgehead atoms. The van der Waals surface area contributed by atoms with Crippen LogP contribution in [-0.4, -0.2) is 326 Å². The van der Waals surface area contributed by atoms with Crippen LogP contribution in [0.5, 0.6) is 5.75 Å². The molecule has 1 aromatic carbocycles. The molecule has 6 saturated heterocycles. The van der Waals surface area contributed by atoms with Gasteiger partial charge in [0.1, 0.15) is 152 Å². The molecule has 35 heteroatoms. The van der Waals surface area contributed by atoms with Crippen molar-refractivity contribution in [3.63, 3.8) is 0 Å². The molecule has 6 fully saturated rings. The Balaban J connectivity index is 0.949. The van der Waals surface area contributed by atoms with Gasteiger partial charge in [0.25, 0.3) is 5.69 Å². The molecule has 6 heterocycles. The van der Waals surface area contributed by atoms with E-state index in [-0.39, 0.29) is 10.8 Å². The number of benzene rings is 1. The molecule has 19 N–H and O–H groups in total. The molecule has 0 spiro atoms. The number of aliphatic hydroxyl groups excluding tert-OH is 19. The third-order valence-corrected chi connectivity index (χ3v) is 14.1. The number of nitrogens with zero attached hydrogens (tertiary/aromatic N) is 1. The van der Waals surface area contributed by atoms with Gasteiger partial charge in [-0.05, 0) is 6.07 Å². The highest BCUT2D eigenvalue weighted by atomic mass is 35.5. The highest BCUT2D eigenvalue weighted by Crippen LogP contribution is 2.38. The van der Waals surface area contributed by atoms with Crippen LogP contribution in [0.4, 0.5) is 5.69 Å². The van der Waals surface area contributed by atoms with Crippen molar-refractivity contribution in [3.05, 3.63) is 33.3 Å². The Morgan fingerprint density at radius 3 is 0.922 bits per heavy atom. The van der Waals surface area contributed by atoms with Crippen LogP contribution in [0.3, 0.4) is 0 Å². The standard InChI is InChI=1S/C42H64ClNO33/c43-11-3-10(44(64)65)1-2-12(11)66-37-27(59)21(53)32(14(5-46)68-37)74-39-29(61)23(55)34(16(7-48)70-39)76-41-31(63)25(57)36(18(9-50)72-41)77-42-30(62)24(56)35(17(8-49)71-42)75-40-28(60)22(54)33(15(6-47)69-40)73-38-26(58)20(52)19(51)13(4-45)67-38/h1-3,13-42,45-63H,4-9H2/t13-,14-,15-,16-,17-,18-,19+,20+,21-,22-,23-,24-,25-,26-,27-,28-,29-,30-,31-,32+,33+,34+,35+,36+,37-,38+,39+,40+,41+,42+/m1/s1. The van der Waals surface area contributed by atoms with Crippen LogP contribution in [0.1, 0.15) is 0 Å². The summed E-state index contributed by atoms with van der Waals surface area (Å²) < 4.78 is 67.0. The van der Waals surface area contributed by atoms with Gasteiger partial charge in [-0.2, -0.15) is 0 Å². The molecular weight excluding hydrogens is 1080 g/mol. The first-order valence-electron chi connectivity index (χ1n) is 23.8. The minimum absolute atomic E-state index is 0.222. The average Bonchev–Trinajstić information content (AvgIpc) is 3.43. The molecule has 0 saturated carbocycles. The Kier molecular flexibility index (Phi) is 21.5. The Morgan fingerprint density at radius 1 is 0.390 bits per heavy atom. The normalized spacial score (nSPS) is 47.8. The monoisotopic (exact) mass is 1150 g/mol. The fourth-order valence-electron chi connectivity index (χ4n) is 9.43.